The summed E-state index contributed by atoms with van der Waals surface area (Å²) in [6, 6.07) is 10.4. The minimum atomic E-state index is -0.828. The molecule has 1 atom stereocenters. The molecule has 130 valence electrons. The summed E-state index contributed by atoms with van der Waals surface area (Å²) in [4.78, 5) is 16.8. The fourth-order valence-electron chi connectivity index (χ4n) is 2.43. The molecule has 0 amide bonds. The van der Waals surface area contributed by atoms with Crippen molar-refractivity contribution in [1.29, 1.82) is 0 Å². The topological polar surface area (TPSA) is 67.2 Å². The van der Waals surface area contributed by atoms with E-state index in [1.807, 2.05) is 12.1 Å². The summed E-state index contributed by atoms with van der Waals surface area (Å²) in [5, 5.41) is 14.5. The molecular weight excluding hydrogens is 385 g/mol. The third-order valence-electron chi connectivity index (χ3n) is 3.69. The number of aromatic nitrogens is 2. The van der Waals surface area contributed by atoms with E-state index in [0.29, 0.717) is 16.2 Å². The Morgan fingerprint density at radius 1 is 1.12 bits per heavy atom. The highest BCUT2D eigenvalue weighted by Gasteiger charge is 2.13. The summed E-state index contributed by atoms with van der Waals surface area (Å²) in [5.74, 6) is 0. The van der Waals surface area contributed by atoms with Crippen molar-refractivity contribution in [1.82, 2.24) is 9.55 Å². The molecule has 25 heavy (non-hydrogen) atoms. The monoisotopic (exact) mass is 397 g/mol. The van der Waals surface area contributed by atoms with Gasteiger partial charge in [0.2, 0.25) is 0 Å². The van der Waals surface area contributed by atoms with Crippen LogP contribution in [0.1, 0.15) is 0 Å². The number of aliphatic hydroxyl groups is 1. The van der Waals surface area contributed by atoms with Crippen LogP contribution in [0.15, 0.2) is 47.5 Å². The predicted octanol–water partition coefficient (Wildman–Crippen LogP) is 3.83. The van der Waals surface area contributed by atoms with Crippen LogP contribution in [0.3, 0.4) is 0 Å². The molecule has 0 saturated carbocycles. The molecule has 8 heteroatoms. The van der Waals surface area contributed by atoms with Gasteiger partial charge in [0.15, 0.2) is 0 Å². The Morgan fingerprint density at radius 2 is 1.88 bits per heavy atom. The smallest absolute Gasteiger partial charge is 0.262 e. The molecule has 0 aliphatic rings. The average Bonchev–Trinajstić information content (AvgIpc) is 2.59. The van der Waals surface area contributed by atoms with E-state index in [0.717, 1.165) is 0 Å². The maximum absolute atomic E-state index is 12.6. The quantitative estimate of drug-likeness (QED) is 0.685. The molecule has 5 nitrogen and oxygen atoms in total. The van der Waals surface area contributed by atoms with Gasteiger partial charge in [-0.2, -0.15) is 0 Å². The Morgan fingerprint density at radius 3 is 2.64 bits per heavy atom. The largest absolute Gasteiger partial charge is 0.389 e. The van der Waals surface area contributed by atoms with E-state index >= 15 is 0 Å². The molecule has 2 N–H and O–H groups in total. The van der Waals surface area contributed by atoms with E-state index in [4.69, 9.17) is 34.8 Å². The molecule has 0 fully saturated rings. The van der Waals surface area contributed by atoms with Crippen molar-refractivity contribution in [3.8, 4) is 0 Å². The van der Waals surface area contributed by atoms with E-state index in [-0.39, 0.29) is 34.1 Å². The fourth-order valence-corrected chi connectivity index (χ4v) is 3.03. The number of rotatable bonds is 5. The van der Waals surface area contributed by atoms with Crippen LogP contribution in [0.4, 0.5) is 5.69 Å². The normalized spacial score (nSPS) is 12.3. The van der Waals surface area contributed by atoms with Crippen molar-refractivity contribution in [3.63, 3.8) is 0 Å². The number of hydrogen-bond acceptors (Lipinski definition) is 4. The predicted molar refractivity (Wildman–Crippen MR) is 102 cm³/mol. The number of hydrogen-bond donors (Lipinski definition) is 2. The zero-order valence-corrected chi connectivity index (χ0v) is 15.2. The van der Waals surface area contributed by atoms with Crippen molar-refractivity contribution >= 4 is 51.4 Å². The first-order valence-electron chi connectivity index (χ1n) is 7.47. The SMILES string of the molecule is O=c1c2c(Cl)c(Cl)ccc2ncn1CC(O)CNc1ccccc1Cl. The zero-order chi connectivity index (χ0) is 18.0. The van der Waals surface area contributed by atoms with Gasteiger partial charge in [0.1, 0.15) is 0 Å². The second kappa shape index (κ2) is 7.62. The van der Waals surface area contributed by atoms with Crippen molar-refractivity contribution in [2.45, 2.75) is 12.6 Å². The number of nitrogens with zero attached hydrogens (tertiary/aromatic N) is 2. The van der Waals surface area contributed by atoms with Crippen LogP contribution in [-0.2, 0) is 6.54 Å². The molecule has 0 bridgehead atoms. The van der Waals surface area contributed by atoms with E-state index in [2.05, 4.69) is 10.3 Å². The Balaban J connectivity index is 1.78. The highest BCUT2D eigenvalue weighted by molar-refractivity contribution is 6.45. The van der Waals surface area contributed by atoms with Crippen LogP contribution in [0.5, 0.6) is 0 Å². The first-order chi connectivity index (χ1) is 12.0. The molecule has 0 saturated heterocycles. The lowest BCUT2D eigenvalue weighted by molar-refractivity contribution is 0.165. The van der Waals surface area contributed by atoms with E-state index in [9.17, 15) is 9.90 Å². The second-order valence-corrected chi connectivity index (χ2v) is 6.66. The molecule has 0 aliphatic carbocycles. The van der Waals surface area contributed by atoms with Crippen molar-refractivity contribution in [3.05, 3.63) is 68.1 Å². The van der Waals surface area contributed by atoms with Crippen LogP contribution in [0.2, 0.25) is 15.1 Å². The molecule has 3 rings (SSSR count). The standard InChI is InChI=1S/C17H14Cl3N3O2/c18-11-3-1-2-4-13(11)21-7-10(24)8-23-9-22-14-6-5-12(19)16(20)15(14)17(23)25/h1-6,9-10,21,24H,7-8H2. The summed E-state index contributed by atoms with van der Waals surface area (Å²) in [6.45, 7) is 0.277. The lowest BCUT2D eigenvalue weighted by Gasteiger charge is -2.15. The Hall–Kier alpha value is -1.79. The summed E-state index contributed by atoms with van der Waals surface area (Å²) < 4.78 is 1.31. The third kappa shape index (κ3) is 3.90. The molecular formula is C17H14Cl3N3O2. The van der Waals surface area contributed by atoms with Gasteiger partial charge in [0.05, 0.1) is 50.6 Å². The first kappa shape index (κ1) is 18.0. The van der Waals surface area contributed by atoms with Gasteiger partial charge in [0.25, 0.3) is 5.56 Å². The number of nitrogens with one attached hydrogen (secondary N) is 1. The molecule has 3 aromatic rings. The van der Waals surface area contributed by atoms with Crippen LogP contribution in [0.25, 0.3) is 10.9 Å². The van der Waals surface area contributed by atoms with Gasteiger partial charge in [-0.05, 0) is 24.3 Å². The number of halogens is 3. The first-order valence-corrected chi connectivity index (χ1v) is 8.60. The highest BCUT2D eigenvalue weighted by Crippen LogP contribution is 2.27. The second-order valence-electron chi connectivity index (χ2n) is 5.47. The van der Waals surface area contributed by atoms with Gasteiger partial charge in [-0.3, -0.25) is 9.36 Å². The summed E-state index contributed by atoms with van der Waals surface area (Å²) in [5.41, 5.74) is 0.815. The van der Waals surface area contributed by atoms with Gasteiger partial charge in [-0.1, -0.05) is 46.9 Å². The maximum atomic E-state index is 12.6. The zero-order valence-electron chi connectivity index (χ0n) is 12.9. The Bertz CT molecular complexity index is 975. The van der Waals surface area contributed by atoms with Gasteiger partial charge in [-0.15, -0.1) is 0 Å². The van der Waals surface area contributed by atoms with Crippen molar-refractivity contribution < 1.29 is 5.11 Å². The van der Waals surface area contributed by atoms with Crippen molar-refractivity contribution in [2.75, 3.05) is 11.9 Å². The lowest BCUT2D eigenvalue weighted by Crippen LogP contribution is -2.31. The lowest BCUT2D eigenvalue weighted by atomic mass is 10.2. The Kier molecular flexibility index (Phi) is 5.49. The third-order valence-corrected chi connectivity index (χ3v) is 4.83. The summed E-state index contributed by atoms with van der Waals surface area (Å²) in [6.07, 6.45) is 0.555. The van der Waals surface area contributed by atoms with Gasteiger partial charge < -0.3 is 10.4 Å². The van der Waals surface area contributed by atoms with Crippen LogP contribution in [0, 0.1) is 0 Å². The minimum absolute atomic E-state index is 0.0576. The average molecular weight is 399 g/mol. The van der Waals surface area contributed by atoms with Gasteiger partial charge in [0, 0.05) is 6.54 Å². The van der Waals surface area contributed by atoms with E-state index in [1.165, 1.54) is 10.9 Å². The van der Waals surface area contributed by atoms with Crippen molar-refractivity contribution in [2.24, 2.45) is 0 Å². The van der Waals surface area contributed by atoms with Gasteiger partial charge >= 0.3 is 0 Å². The molecule has 1 heterocycles. The molecule has 0 spiro atoms. The molecule has 1 aromatic heterocycles. The summed E-state index contributed by atoms with van der Waals surface area (Å²) >= 11 is 18.1. The fraction of sp³-hybridized carbons (Fsp3) is 0.176. The molecule has 0 aliphatic heterocycles. The highest BCUT2D eigenvalue weighted by atomic mass is 35.5. The number of aliphatic hydroxyl groups excluding tert-OH is 1. The molecule has 2 aromatic carbocycles. The Labute approximate surface area is 158 Å². The summed E-state index contributed by atoms with van der Waals surface area (Å²) in [7, 11) is 0. The number of anilines is 1. The number of para-hydroxylation sites is 1. The number of benzene rings is 2. The minimum Gasteiger partial charge on any atom is -0.389 e. The van der Waals surface area contributed by atoms with E-state index < -0.39 is 6.10 Å². The van der Waals surface area contributed by atoms with Crippen LogP contribution >= 0.6 is 34.8 Å². The van der Waals surface area contributed by atoms with E-state index in [1.54, 1.807) is 24.3 Å². The van der Waals surface area contributed by atoms with Crippen LogP contribution in [-0.4, -0.2) is 27.3 Å². The van der Waals surface area contributed by atoms with Gasteiger partial charge in [-0.25, -0.2) is 4.98 Å². The molecule has 0 radical (unpaired) electrons. The van der Waals surface area contributed by atoms with Crippen LogP contribution < -0.4 is 10.9 Å². The molecule has 1 unspecified atom stereocenters. The maximum Gasteiger partial charge on any atom is 0.262 e. The number of fused-ring (bicyclic) bond motifs is 1.